The van der Waals surface area contributed by atoms with Crippen LogP contribution in [0.15, 0.2) is 9.59 Å². The number of nitrogens with one attached hydrogen (secondary N) is 1. The van der Waals surface area contributed by atoms with E-state index in [1.54, 1.807) is 14.1 Å². The fourth-order valence-corrected chi connectivity index (χ4v) is 1.64. The molecular formula is C8H12N2O5S. The van der Waals surface area contributed by atoms with E-state index in [4.69, 9.17) is 4.55 Å². The van der Waals surface area contributed by atoms with Gasteiger partial charge in [-0.1, -0.05) is 0 Å². The van der Waals surface area contributed by atoms with Crippen LogP contribution in [0.2, 0.25) is 0 Å². The van der Waals surface area contributed by atoms with Gasteiger partial charge in [-0.25, -0.2) is 0 Å². The minimum atomic E-state index is -4.07. The first kappa shape index (κ1) is 12.7. The molecule has 7 nitrogen and oxygen atoms in total. The first-order chi connectivity index (χ1) is 7.24. The van der Waals surface area contributed by atoms with Crippen LogP contribution in [0.4, 0.5) is 11.4 Å². The SMILES string of the molecule is CN(C)c1c(NCCS(=O)(=O)O)c(=O)c1=O. The van der Waals surface area contributed by atoms with E-state index in [1.165, 1.54) is 4.90 Å². The molecule has 0 amide bonds. The minimum absolute atomic E-state index is 0.0960. The molecule has 0 unspecified atom stereocenters. The van der Waals surface area contributed by atoms with Gasteiger partial charge in [0.1, 0.15) is 11.4 Å². The van der Waals surface area contributed by atoms with Crippen molar-refractivity contribution in [3.63, 3.8) is 0 Å². The number of anilines is 2. The van der Waals surface area contributed by atoms with Crippen molar-refractivity contribution in [2.24, 2.45) is 0 Å². The molecule has 1 aromatic carbocycles. The van der Waals surface area contributed by atoms with Gasteiger partial charge < -0.3 is 10.2 Å². The van der Waals surface area contributed by atoms with E-state index in [-0.39, 0.29) is 17.9 Å². The summed E-state index contributed by atoms with van der Waals surface area (Å²) in [6, 6.07) is 0. The lowest BCUT2D eigenvalue weighted by atomic mass is 10.2. The van der Waals surface area contributed by atoms with Crippen molar-refractivity contribution in [1.29, 1.82) is 0 Å². The van der Waals surface area contributed by atoms with E-state index in [0.29, 0.717) is 0 Å². The number of hydrogen-bond acceptors (Lipinski definition) is 6. The highest BCUT2D eigenvalue weighted by molar-refractivity contribution is 7.85. The molecule has 1 aromatic rings. The zero-order valence-corrected chi connectivity index (χ0v) is 9.67. The first-order valence-electron chi connectivity index (χ1n) is 4.43. The second-order valence-electron chi connectivity index (χ2n) is 3.49. The average Bonchev–Trinajstić information content (AvgIpc) is 2.13. The number of hydrogen-bond donors (Lipinski definition) is 2. The summed E-state index contributed by atoms with van der Waals surface area (Å²) in [5, 5.41) is 2.52. The second-order valence-corrected chi connectivity index (χ2v) is 5.06. The van der Waals surface area contributed by atoms with Crippen LogP contribution in [-0.4, -0.2) is 39.4 Å². The summed E-state index contributed by atoms with van der Waals surface area (Å²) in [7, 11) is -0.865. The average molecular weight is 248 g/mol. The molecule has 0 saturated carbocycles. The Kier molecular flexibility index (Phi) is 3.34. The third-order valence-corrected chi connectivity index (χ3v) is 2.71. The molecule has 16 heavy (non-hydrogen) atoms. The normalized spacial score (nSPS) is 11.7. The molecule has 0 aliphatic heterocycles. The molecule has 0 heterocycles. The van der Waals surface area contributed by atoms with Gasteiger partial charge in [0, 0.05) is 20.6 Å². The predicted octanol–water partition coefficient (Wildman–Crippen LogP) is -1.35. The number of nitrogens with zero attached hydrogens (tertiary/aromatic N) is 1. The highest BCUT2D eigenvalue weighted by Gasteiger charge is 2.22. The summed E-state index contributed by atoms with van der Waals surface area (Å²) in [5.74, 6) is -0.515. The van der Waals surface area contributed by atoms with Crippen molar-refractivity contribution in [3.05, 3.63) is 20.4 Å². The van der Waals surface area contributed by atoms with Crippen molar-refractivity contribution in [2.75, 3.05) is 36.6 Å². The second kappa shape index (κ2) is 4.22. The van der Waals surface area contributed by atoms with Gasteiger partial charge in [-0.15, -0.1) is 0 Å². The van der Waals surface area contributed by atoms with Crippen LogP contribution >= 0.6 is 0 Å². The zero-order chi connectivity index (χ0) is 12.5. The molecule has 0 aromatic heterocycles. The van der Waals surface area contributed by atoms with Crippen molar-refractivity contribution < 1.29 is 13.0 Å². The Morgan fingerprint density at radius 3 is 2.25 bits per heavy atom. The smallest absolute Gasteiger partial charge is 0.266 e. The van der Waals surface area contributed by atoms with Gasteiger partial charge in [0.2, 0.25) is 0 Å². The molecular weight excluding hydrogens is 236 g/mol. The van der Waals surface area contributed by atoms with Crippen molar-refractivity contribution in [3.8, 4) is 0 Å². The summed E-state index contributed by atoms with van der Waals surface area (Å²) >= 11 is 0. The van der Waals surface area contributed by atoms with Crippen molar-refractivity contribution in [2.45, 2.75) is 0 Å². The van der Waals surface area contributed by atoms with Gasteiger partial charge >= 0.3 is 0 Å². The Morgan fingerprint density at radius 1 is 1.25 bits per heavy atom. The highest BCUT2D eigenvalue weighted by atomic mass is 32.2. The fraction of sp³-hybridized carbons (Fsp3) is 0.500. The first-order valence-corrected chi connectivity index (χ1v) is 6.04. The molecule has 90 valence electrons. The molecule has 0 aliphatic carbocycles. The van der Waals surface area contributed by atoms with Crippen LogP contribution in [0, 0.1) is 0 Å². The molecule has 8 heteroatoms. The molecule has 0 atom stereocenters. The van der Waals surface area contributed by atoms with E-state index < -0.39 is 26.7 Å². The lowest BCUT2D eigenvalue weighted by Crippen LogP contribution is -2.40. The summed E-state index contributed by atoms with van der Waals surface area (Å²) in [6.07, 6.45) is 0. The summed E-state index contributed by atoms with van der Waals surface area (Å²) in [4.78, 5) is 23.7. The highest BCUT2D eigenvalue weighted by Crippen LogP contribution is 2.16. The fourth-order valence-electron chi connectivity index (χ4n) is 1.28. The lowest BCUT2D eigenvalue weighted by molar-refractivity contribution is 0.484. The number of rotatable bonds is 5. The minimum Gasteiger partial charge on any atom is -0.379 e. The molecule has 0 bridgehead atoms. The van der Waals surface area contributed by atoms with Crippen LogP contribution in [0.1, 0.15) is 0 Å². The molecule has 1 rings (SSSR count). The Balaban J connectivity index is 2.73. The summed E-state index contributed by atoms with van der Waals surface area (Å²) in [6.45, 7) is -0.121. The van der Waals surface area contributed by atoms with Crippen LogP contribution in [0.5, 0.6) is 0 Å². The Hall–Kier alpha value is -1.41. The maximum absolute atomic E-state index is 11.1. The van der Waals surface area contributed by atoms with Gasteiger partial charge in [-0.3, -0.25) is 14.1 Å². The van der Waals surface area contributed by atoms with Crippen LogP contribution in [0.25, 0.3) is 0 Å². The maximum Gasteiger partial charge on any atom is 0.266 e. The van der Waals surface area contributed by atoms with E-state index >= 15 is 0 Å². The van der Waals surface area contributed by atoms with E-state index in [1.807, 2.05) is 0 Å². The van der Waals surface area contributed by atoms with Gasteiger partial charge in [-0.05, 0) is 0 Å². The van der Waals surface area contributed by atoms with Crippen LogP contribution in [0.3, 0.4) is 0 Å². The topological polar surface area (TPSA) is 104 Å². The quantitative estimate of drug-likeness (QED) is 0.490. The van der Waals surface area contributed by atoms with Crippen LogP contribution in [-0.2, 0) is 10.1 Å². The zero-order valence-electron chi connectivity index (χ0n) is 8.85. The van der Waals surface area contributed by atoms with Crippen molar-refractivity contribution >= 4 is 21.5 Å². The van der Waals surface area contributed by atoms with Gasteiger partial charge in [0.25, 0.3) is 21.0 Å². The summed E-state index contributed by atoms with van der Waals surface area (Å²) in [5.41, 5.74) is -0.947. The van der Waals surface area contributed by atoms with E-state index in [2.05, 4.69) is 5.32 Å². The van der Waals surface area contributed by atoms with Gasteiger partial charge in [0.05, 0.1) is 5.75 Å². The Morgan fingerprint density at radius 2 is 1.81 bits per heavy atom. The third kappa shape index (κ3) is 2.58. The third-order valence-electron chi connectivity index (χ3n) is 1.99. The Labute approximate surface area is 92.1 Å². The van der Waals surface area contributed by atoms with Crippen LogP contribution < -0.4 is 21.1 Å². The molecule has 2 N–H and O–H groups in total. The van der Waals surface area contributed by atoms with E-state index in [0.717, 1.165) is 0 Å². The molecule has 0 spiro atoms. The lowest BCUT2D eigenvalue weighted by Gasteiger charge is -2.18. The standard InChI is InChI=1S/C8H12N2O5S/c1-10(2)6-5(7(11)8(6)12)9-3-4-16(13,14)15/h9H,3-4H2,1-2H3,(H,13,14,15). The molecule has 0 aliphatic rings. The van der Waals surface area contributed by atoms with Gasteiger partial charge in [-0.2, -0.15) is 8.42 Å². The Bertz CT molecular complexity index is 553. The predicted molar refractivity (Wildman–Crippen MR) is 60.6 cm³/mol. The molecule has 0 radical (unpaired) electrons. The van der Waals surface area contributed by atoms with E-state index in [9.17, 15) is 18.0 Å². The monoisotopic (exact) mass is 248 g/mol. The summed E-state index contributed by atoms with van der Waals surface area (Å²) < 4.78 is 29.3. The van der Waals surface area contributed by atoms with Gasteiger partial charge in [0.15, 0.2) is 0 Å². The maximum atomic E-state index is 11.1. The molecule has 0 fully saturated rings. The molecule has 0 saturated heterocycles. The van der Waals surface area contributed by atoms with Crippen molar-refractivity contribution in [1.82, 2.24) is 0 Å². The largest absolute Gasteiger partial charge is 0.379 e.